The van der Waals surface area contributed by atoms with Crippen LogP contribution in [0.25, 0.3) is 0 Å². The predicted molar refractivity (Wildman–Crippen MR) is 90.4 cm³/mol. The van der Waals surface area contributed by atoms with Gasteiger partial charge in [-0.15, -0.1) is 5.11 Å². The van der Waals surface area contributed by atoms with E-state index in [4.69, 9.17) is 10.8 Å². The Hall–Kier alpha value is -1.98. The fourth-order valence-electron chi connectivity index (χ4n) is 3.21. The molecular formula is C16H26N6. The van der Waals surface area contributed by atoms with Gasteiger partial charge < -0.3 is 11.2 Å². The van der Waals surface area contributed by atoms with Gasteiger partial charge in [0.1, 0.15) is 5.82 Å². The first-order valence-electron chi connectivity index (χ1n) is 7.96. The summed E-state index contributed by atoms with van der Waals surface area (Å²) in [6.07, 6.45) is 5.60. The van der Waals surface area contributed by atoms with Gasteiger partial charge in [0, 0.05) is 18.2 Å². The molecule has 0 amide bonds. The average Bonchev–Trinajstić information content (AvgIpc) is 2.52. The van der Waals surface area contributed by atoms with Crippen LogP contribution in [0.1, 0.15) is 56.4 Å². The molecule has 2 heterocycles. The molecule has 6 heteroatoms. The number of anilines is 1. The number of hydrogen-bond acceptors (Lipinski definition) is 5. The number of fused-ring (bicyclic) bond motifs is 1. The topological polar surface area (TPSA) is 88.0 Å². The largest absolute Gasteiger partial charge is 0.364 e. The maximum atomic E-state index is 5.43. The minimum atomic E-state index is 0.177. The van der Waals surface area contributed by atoms with E-state index in [1.165, 1.54) is 18.4 Å². The number of amidine groups is 1. The van der Waals surface area contributed by atoms with E-state index < -0.39 is 0 Å². The van der Waals surface area contributed by atoms with Gasteiger partial charge in [-0.2, -0.15) is 10.2 Å². The van der Waals surface area contributed by atoms with Crippen LogP contribution in [0, 0.1) is 6.92 Å². The molecule has 6 nitrogen and oxygen atoms in total. The molecule has 1 unspecified atom stereocenters. The summed E-state index contributed by atoms with van der Waals surface area (Å²) in [6.45, 7) is 6.43. The maximum Gasteiger partial charge on any atom is 0.201 e. The Kier molecular flexibility index (Phi) is 5.11. The van der Waals surface area contributed by atoms with Crippen LogP contribution in [-0.2, 0) is 6.42 Å². The number of hydrazone groups is 1. The zero-order chi connectivity index (χ0) is 16.2. The van der Waals surface area contributed by atoms with Gasteiger partial charge in [0.25, 0.3) is 0 Å². The first kappa shape index (κ1) is 16.4. The highest BCUT2D eigenvalue weighted by atomic mass is 15.2. The van der Waals surface area contributed by atoms with Crippen LogP contribution in [-0.4, -0.2) is 23.4 Å². The quantitative estimate of drug-likeness (QED) is 0.294. The zero-order valence-electron chi connectivity index (χ0n) is 14.0. The van der Waals surface area contributed by atoms with Crippen LogP contribution in [0.15, 0.2) is 21.4 Å². The number of nitrogens with two attached hydrogens (primary N) is 1. The van der Waals surface area contributed by atoms with Crippen molar-refractivity contribution in [1.29, 1.82) is 0 Å². The van der Waals surface area contributed by atoms with Crippen molar-refractivity contribution >= 4 is 11.7 Å². The fourth-order valence-corrected chi connectivity index (χ4v) is 3.21. The first-order chi connectivity index (χ1) is 10.6. The highest BCUT2D eigenvalue weighted by molar-refractivity contribution is 6.00. The number of nitrogens with zero attached hydrogens (tertiary/aromatic N) is 4. The van der Waals surface area contributed by atoms with Crippen molar-refractivity contribution in [3.63, 3.8) is 0 Å². The van der Waals surface area contributed by atoms with Crippen LogP contribution in [0.2, 0.25) is 0 Å². The highest BCUT2D eigenvalue weighted by Crippen LogP contribution is 2.35. The van der Waals surface area contributed by atoms with Crippen molar-refractivity contribution in [2.45, 2.75) is 58.4 Å². The molecular weight excluding hydrogens is 276 g/mol. The van der Waals surface area contributed by atoms with Gasteiger partial charge in [0.15, 0.2) is 0 Å². The standard InChI is InChI=1S/C16H26N6/c1-5-8-16(6-2)9-7-12-10-13(15(21-17)22-18-4)11(3)19-14(12)20-16/h10H,5-9,17H2,1-4H3,(H,19,20)/b21-15-,22-18?. The van der Waals surface area contributed by atoms with E-state index in [0.717, 1.165) is 36.3 Å². The summed E-state index contributed by atoms with van der Waals surface area (Å²) in [7, 11) is 1.61. The summed E-state index contributed by atoms with van der Waals surface area (Å²) in [5.41, 5.74) is 3.10. The third-order valence-corrected chi connectivity index (χ3v) is 4.51. The molecule has 0 bridgehead atoms. The Morgan fingerprint density at radius 1 is 1.45 bits per heavy atom. The van der Waals surface area contributed by atoms with E-state index in [2.05, 4.69) is 40.6 Å². The molecule has 0 saturated heterocycles. The van der Waals surface area contributed by atoms with Gasteiger partial charge in [-0.3, -0.25) is 0 Å². The van der Waals surface area contributed by atoms with E-state index in [1.807, 2.05) is 6.92 Å². The van der Waals surface area contributed by atoms with Gasteiger partial charge >= 0.3 is 0 Å². The molecule has 1 aliphatic rings. The third kappa shape index (κ3) is 3.10. The van der Waals surface area contributed by atoms with Gasteiger partial charge in [-0.1, -0.05) is 20.3 Å². The molecule has 0 fully saturated rings. The van der Waals surface area contributed by atoms with Crippen LogP contribution in [0.5, 0.6) is 0 Å². The van der Waals surface area contributed by atoms with E-state index in [-0.39, 0.29) is 5.54 Å². The monoisotopic (exact) mass is 302 g/mol. The molecule has 1 aromatic rings. The number of pyridine rings is 1. The molecule has 2 rings (SSSR count). The Bertz CT molecular complexity index is 593. The predicted octanol–water partition coefficient (Wildman–Crippen LogP) is 3.40. The summed E-state index contributed by atoms with van der Waals surface area (Å²) in [5.74, 6) is 6.85. The maximum absolute atomic E-state index is 5.43. The lowest BCUT2D eigenvalue weighted by Crippen LogP contribution is -2.41. The highest BCUT2D eigenvalue weighted by Gasteiger charge is 2.32. The van der Waals surface area contributed by atoms with Crippen molar-refractivity contribution in [3.8, 4) is 0 Å². The van der Waals surface area contributed by atoms with Gasteiger partial charge in [-0.25, -0.2) is 4.98 Å². The third-order valence-electron chi connectivity index (χ3n) is 4.51. The van der Waals surface area contributed by atoms with E-state index in [1.54, 1.807) is 7.05 Å². The second-order valence-corrected chi connectivity index (χ2v) is 5.89. The summed E-state index contributed by atoms with van der Waals surface area (Å²) >= 11 is 0. The number of azo groups is 1. The Morgan fingerprint density at radius 2 is 2.23 bits per heavy atom. The Labute approximate surface area is 132 Å². The van der Waals surface area contributed by atoms with E-state index in [0.29, 0.717) is 5.84 Å². The van der Waals surface area contributed by atoms with Gasteiger partial charge in [0.2, 0.25) is 5.84 Å². The minimum Gasteiger partial charge on any atom is -0.364 e. The van der Waals surface area contributed by atoms with Crippen molar-refractivity contribution in [2.75, 3.05) is 12.4 Å². The number of aromatic nitrogens is 1. The van der Waals surface area contributed by atoms with Crippen molar-refractivity contribution < 1.29 is 0 Å². The molecule has 1 aliphatic heterocycles. The molecule has 0 saturated carbocycles. The molecule has 0 aliphatic carbocycles. The van der Waals surface area contributed by atoms with Crippen LogP contribution < -0.4 is 11.2 Å². The summed E-state index contributed by atoms with van der Waals surface area (Å²) in [6, 6.07) is 2.09. The molecule has 3 N–H and O–H groups in total. The normalized spacial score (nSPS) is 21.7. The van der Waals surface area contributed by atoms with Crippen molar-refractivity contribution in [1.82, 2.24) is 4.98 Å². The average molecular weight is 302 g/mol. The zero-order valence-corrected chi connectivity index (χ0v) is 14.0. The molecule has 0 spiro atoms. The number of aryl methyl sites for hydroxylation is 2. The molecule has 120 valence electrons. The Balaban J connectivity index is 2.39. The second-order valence-electron chi connectivity index (χ2n) is 5.89. The first-order valence-corrected chi connectivity index (χ1v) is 7.96. The fraction of sp³-hybridized carbons (Fsp3) is 0.625. The number of hydrogen-bond donors (Lipinski definition) is 2. The van der Waals surface area contributed by atoms with Gasteiger partial charge in [0.05, 0.1) is 5.69 Å². The van der Waals surface area contributed by atoms with Crippen molar-refractivity contribution in [2.24, 2.45) is 21.2 Å². The van der Waals surface area contributed by atoms with Gasteiger partial charge in [-0.05, 0) is 44.2 Å². The number of rotatable bonds is 4. The van der Waals surface area contributed by atoms with Crippen molar-refractivity contribution in [3.05, 3.63) is 22.9 Å². The SMILES string of the molecule is CCCC1(CC)CCc2cc(/C(N=NC)=N/N)c(C)nc2N1. The molecule has 0 aromatic carbocycles. The summed E-state index contributed by atoms with van der Waals surface area (Å²) < 4.78 is 0. The lowest BCUT2D eigenvalue weighted by atomic mass is 9.81. The molecule has 1 aromatic heterocycles. The lowest BCUT2D eigenvalue weighted by Gasteiger charge is -2.39. The molecule has 0 radical (unpaired) electrons. The summed E-state index contributed by atoms with van der Waals surface area (Å²) in [5, 5.41) is 15.2. The van der Waals surface area contributed by atoms with E-state index in [9.17, 15) is 0 Å². The summed E-state index contributed by atoms with van der Waals surface area (Å²) in [4.78, 5) is 4.74. The van der Waals surface area contributed by atoms with E-state index >= 15 is 0 Å². The molecule has 1 atom stereocenters. The number of nitrogens with one attached hydrogen (secondary N) is 1. The smallest absolute Gasteiger partial charge is 0.201 e. The van der Waals surface area contributed by atoms with Crippen LogP contribution in [0.3, 0.4) is 0 Å². The minimum absolute atomic E-state index is 0.177. The second kappa shape index (κ2) is 6.85. The Morgan fingerprint density at radius 3 is 2.82 bits per heavy atom. The van der Waals surface area contributed by atoms with Crippen LogP contribution in [0.4, 0.5) is 5.82 Å². The molecule has 22 heavy (non-hydrogen) atoms. The van der Waals surface area contributed by atoms with Crippen LogP contribution >= 0.6 is 0 Å². The lowest BCUT2D eigenvalue weighted by molar-refractivity contribution is 0.371.